The van der Waals surface area contributed by atoms with Crippen LogP contribution in [0.5, 0.6) is 0 Å². The third-order valence-corrected chi connectivity index (χ3v) is 3.87. The van der Waals surface area contributed by atoms with Gasteiger partial charge in [-0.3, -0.25) is 5.32 Å². The van der Waals surface area contributed by atoms with Crippen LogP contribution in [-0.2, 0) is 4.74 Å². The SMILES string of the molecule is CC(C)(C)OC(=O)Nc1c(I)ccnc1N1CCC(F)(F)C1. The van der Waals surface area contributed by atoms with Crippen LogP contribution < -0.4 is 10.2 Å². The minimum Gasteiger partial charge on any atom is -0.444 e. The van der Waals surface area contributed by atoms with Crippen LogP contribution in [0.4, 0.5) is 25.1 Å². The van der Waals surface area contributed by atoms with Gasteiger partial charge in [0.15, 0.2) is 5.82 Å². The maximum Gasteiger partial charge on any atom is 0.412 e. The van der Waals surface area contributed by atoms with Crippen molar-refractivity contribution in [3.05, 3.63) is 15.8 Å². The minimum atomic E-state index is -2.73. The molecule has 1 fully saturated rings. The van der Waals surface area contributed by atoms with E-state index in [1.165, 1.54) is 11.1 Å². The van der Waals surface area contributed by atoms with Crippen LogP contribution in [0.25, 0.3) is 0 Å². The van der Waals surface area contributed by atoms with Gasteiger partial charge in [0.05, 0.1) is 6.54 Å². The van der Waals surface area contributed by atoms with Crippen LogP contribution in [0.2, 0.25) is 0 Å². The van der Waals surface area contributed by atoms with E-state index in [1.54, 1.807) is 26.8 Å². The molecule has 1 N–H and O–H groups in total. The van der Waals surface area contributed by atoms with Crippen molar-refractivity contribution in [2.24, 2.45) is 0 Å². The molecule has 0 saturated carbocycles. The van der Waals surface area contributed by atoms with Crippen molar-refractivity contribution in [1.29, 1.82) is 0 Å². The van der Waals surface area contributed by atoms with Crippen LogP contribution in [-0.4, -0.2) is 35.7 Å². The fourth-order valence-electron chi connectivity index (χ4n) is 2.11. The lowest BCUT2D eigenvalue weighted by molar-refractivity contribution is 0.0257. The molecule has 0 spiro atoms. The second kappa shape index (κ2) is 6.13. The molecule has 0 radical (unpaired) electrons. The first-order valence-corrected chi connectivity index (χ1v) is 7.93. The van der Waals surface area contributed by atoms with Crippen molar-refractivity contribution in [3.63, 3.8) is 0 Å². The van der Waals surface area contributed by atoms with Crippen LogP contribution >= 0.6 is 22.6 Å². The van der Waals surface area contributed by atoms with Gasteiger partial charge in [-0.1, -0.05) is 0 Å². The summed E-state index contributed by atoms with van der Waals surface area (Å²) in [5, 5.41) is 2.62. The van der Waals surface area contributed by atoms with Gasteiger partial charge >= 0.3 is 6.09 Å². The number of nitrogens with one attached hydrogen (secondary N) is 1. The number of aromatic nitrogens is 1. The molecule has 22 heavy (non-hydrogen) atoms. The lowest BCUT2D eigenvalue weighted by Gasteiger charge is -2.23. The maximum atomic E-state index is 13.4. The monoisotopic (exact) mass is 425 g/mol. The predicted octanol–water partition coefficient (Wildman–Crippen LogP) is 3.88. The summed E-state index contributed by atoms with van der Waals surface area (Å²) in [6.45, 7) is 5.06. The predicted molar refractivity (Wildman–Crippen MR) is 88.6 cm³/mol. The van der Waals surface area contributed by atoms with Crippen LogP contribution in [0.3, 0.4) is 0 Å². The summed E-state index contributed by atoms with van der Waals surface area (Å²) < 4.78 is 32.7. The summed E-state index contributed by atoms with van der Waals surface area (Å²) in [5.74, 6) is -2.39. The summed E-state index contributed by atoms with van der Waals surface area (Å²) in [6, 6.07) is 1.70. The Labute approximate surface area is 141 Å². The Morgan fingerprint density at radius 1 is 1.50 bits per heavy atom. The number of rotatable bonds is 2. The van der Waals surface area contributed by atoms with Crippen molar-refractivity contribution >= 4 is 40.2 Å². The van der Waals surface area contributed by atoms with E-state index in [9.17, 15) is 13.6 Å². The Bertz CT molecular complexity index is 576. The average molecular weight is 425 g/mol. The second-order valence-corrected chi connectivity index (χ2v) is 7.31. The van der Waals surface area contributed by atoms with Gasteiger partial charge in [0.25, 0.3) is 5.92 Å². The molecular weight excluding hydrogens is 407 g/mol. The van der Waals surface area contributed by atoms with E-state index in [2.05, 4.69) is 10.3 Å². The molecule has 0 unspecified atom stereocenters. The fraction of sp³-hybridized carbons (Fsp3) is 0.571. The third-order valence-electron chi connectivity index (χ3n) is 2.98. The number of halogens is 3. The second-order valence-electron chi connectivity index (χ2n) is 6.15. The highest BCUT2D eigenvalue weighted by Gasteiger charge is 2.39. The zero-order valence-corrected chi connectivity index (χ0v) is 14.8. The van der Waals surface area contributed by atoms with Crippen LogP contribution in [0.15, 0.2) is 12.3 Å². The zero-order valence-electron chi connectivity index (χ0n) is 12.6. The highest BCUT2D eigenvalue weighted by molar-refractivity contribution is 14.1. The number of pyridine rings is 1. The molecule has 1 aromatic heterocycles. The number of ether oxygens (including phenoxy) is 1. The summed E-state index contributed by atoms with van der Waals surface area (Å²) in [7, 11) is 0. The smallest absolute Gasteiger partial charge is 0.412 e. The van der Waals surface area contributed by atoms with E-state index in [1.807, 2.05) is 22.6 Å². The minimum absolute atomic E-state index is 0.198. The number of hydrogen-bond acceptors (Lipinski definition) is 4. The van der Waals surface area contributed by atoms with Crippen molar-refractivity contribution in [3.8, 4) is 0 Å². The number of carbonyl (C=O) groups excluding carboxylic acids is 1. The van der Waals surface area contributed by atoms with Gasteiger partial charge in [0, 0.05) is 22.7 Å². The summed E-state index contributed by atoms with van der Waals surface area (Å²) in [6.07, 6.45) is 0.686. The Balaban J connectivity index is 2.22. The molecule has 5 nitrogen and oxygen atoms in total. The molecule has 1 amide bonds. The van der Waals surface area contributed by atoms with E-state index in [0.29, 0.717) is 15.1 Å². The van der Waals surface area contributed by atoms with Gasteiger partial charge in [0.1, 0.15) is 11.3 Å². The molecule has 1 aromatic rings. The first kappa shape index (κ1) is 17.2. The molecule has 8 heteroatoms. The quantitative estimate of drug-likeness (QED) is 0.731. The largest absolute Gasteiger partial charge is 0.444 e. The number of hydrogen-bond donors (Lipinski definition) is 1. The maximum absolute atomic E-state index is 13.4. The van der Waals surface area contributed by atoms with E-state index in [4.69, 9.17) is 4.74 Å². The van der Waals surface area contributed by atoms with Gasteiger partial charge in [-0.15, -0.1) is 0 Å². The Morgan fingerprint density at radius 2 is 2.18 bits per heavy atom. The number of alkyl halides is 2. The molecule has 0 bridgehead atoms. The van der Waals surface area contributed by atoms with Gasteiger partial charge < -0.3 is 9.64 Å². The number of nitrogens with zero attached hydrogens (tertiary/aromatic N) is 2. The number of amides is 1. The van der Waals surface area contributed by atoms with Crippen molar-refractivity contribution in [2.45, 2.75) is 38.7 Å². The van der Waals surface area contributed by atoms with Crippen LogP contribution in [0.1, 0.15) is 27.2 Å². The lowest BCUT2D eigenvalue weighted by atomic mass is 10.2. The standard InChI is InChI=1S/C14H18F2IN3O2/c1-13(2,3)22-12(21)19-10-9(17)4-6-18-11(10)20-7-5-14(15,16)8-20/h4,6H,5,7-8H2,1-3H3,(H,19,21). The first-order chi connectivity index (χ1) is 10.1. The van der Waals surface area contributed by atoms with E-state index < -0.39 is 24.2 Å². The molecule has 2 rings (SSSR count). The summed E-state index contributed by atoms with van der Waals surface area (Å²) in [4.78, 5) is 17.6. The Hall–Kier alpha value is -1.19. The molecular formula is C14H18F2IN3O2. The molecule has 122 valence electrons. The molecule has 0 atom stereocenters. The van der Waals surface area contributed by atoms with Gasteiger partial charge in [-0.05, 0) is 49.4 Å². The summed E-state index contributed by atoms with van der Waals surface area (Å²) in [5.41, 5.74) is -0.242. The zero-order chi connectivity index (χ0) is 16.5. The molecule has 2 heterocycles. The van der Waals surface area contributed by atoms with Gasteiger partial charge in [-0.25, -0.2) is 18.6 Å². The molecule has 1 aliphatic rings. The van der Waals surface area contributed by atoms with E-state index in [0.717, 1.165) is 0 Å². The van der Waals surface area contributed by atoms with Crippen molar-refractivity contribution in [1.82, 2.24) is 4.98 Å². The highest BCUT2D eigenvalue weighted by Crippen LogP contribution is 2.35. The molecule has 1 aliphatic heterocycles. The first-order valence-electron chi connectivity index (χ1n) is 6.85. The van der Waals surface area contributed by atoms with Crippen molar-refractivity contribution < 1.29 is 18.3 Å². The number of carbonyl (C=O) groups is 1. The normalized spacial score (nSPS) is 17.5. The number of anilines is 2. The topological polar surface area (TPSA) is 54.5 Å². The van der Waals surface area contributed by atoms with E-state index in [-0.39, 0.29) is 13.0 Å². The third kappa shape index (κ3) is 4.40. The summed E-state index contributed by atoms with van der Waals surface area (Å²) >= 11 is 2.03. The molecule has 0 aromatic carbocycles. The van der Waals surface area contributed by atoms with E-state index >= 15 is 0 Å². The van der Waals surface area contributed by atoms with Crippen LogP contribution in [0, 0.1) is 3.57 Å². The Kier molecular flexibility index (Phi) is 4.78. The average Bonchev–Trinajstić information content (AvgIpc) is 2.70. The molecule has 1 saturated heterocycles. The highest BCUT2D eigenvalue weighted by atomic mass is 127. The van der Waals surface area contributed by atoms with Crippen molar-refractivity contribution in [2.75, 3.05) is 23.3 Å². The lowest BCUT2D eigenvalue weighted by Crippen LogP contribution is -2.30. The fourth-order valence-corrected chi connectivity index (χ4v) is 2.64. The molecule has 0 aliphatic carbocycles. The van der Waals surface area contributed by atoms with Gasteiger partial charge in [0.2, 0.25) is 0 Å². The van der Waals surface area contributed by atoms with Gasteiger partial charge in [-0.2, -0.15) is 0 Å². The Morgan fingerprint density at radius 3 is 2.73 bits per heavy atom.